The molecule has 3 rings (SSSR count). The van der Waals surface area contributed by atoms with Crippen LogP contribution < -0.4 is 10.4 Å². The Morgan fingerprint density at radius 2 is 1.86 bits per heavy atom. The van der Waals surface area contributed by atoms with Crippen molar-refractivity contribution in [3.63, 3.8) is 0 Å². The van der Waals surface area contributed by atoms with E-state index in [1.165, 1.54) is 24.0 Å². The lowest BCUT2D eigenvalue weighted by atomic mass is 9.94. The molecule has 0 saturated heterocycles. The normalized spacial score (nSPS) is 14.7. The molecule has 0 spiro atoms. The molecule has 2 aromatic rings. The van der Waals surface area contributed by atoms with Gasteiger partial charge >= 0.3 is 5.63 Å². The SMILES string of the molecule is CCC(=C1CCCC1)c1c(OC)oc(=O)c2ccccc12. The van der Waals surface area contributed by atoms with E-state index in [4.69, 9.17) is 9.15 Å². The van der Waals surface area contributed by atoms with Gasteiger partial charge in [0.1, 0.15) is 0 Å². The first kappa shape index (κ1) is 13.9. The number of hydrogen-bond acceptors (Lipinski definition) is 3. The molecule has 110 valence electrons. The van der Waals surface area contributed by atoms with Gasteiger partial charge in [-0.2, -0.15) is 0 Å². The van der Waals surface area contributed by atoms with Gasteiger partial charge in [0.2, 0.25) is 0 Å². The van der Waals surface area contributed by atoms with Crippen molar-refractivity contribution in [1.29, 1.82) is 0 Å². The van der Waals surface area contributed by atoms with E-state index in [0.29, 0.717) is 11.3 Å². The van der Waals surface area contributed by atoms with E-state index < -0.39 is 0 Å². The van der Waals surface area contributed by atoms with Crippen molar-refractivity contribution in [2.24, 2.45) is 0 Å². The smallest absolute Gasteiger partial charge is 0.346 e. The Morgan fingerprint density at radius 1 is 1.19 bits per heavy atom. The maximum atomic E-state index is 12.1. The predicted molar refractivity (Wildman–Crippen MR) is 84.7 cm³/mol. The molecule has 1 saturated carbocycles. The second-order valence-electron chi connectivity index (χ2n) is 5.44. The average molecular weight is 284 g/mol. The Hall–Kier alpha value is -2.03. The molecule has 1 fully saturated rings. The lowest BCUT2D eigenvalue weighted by Crippen LogP contribution is -2.05. The zero-order chi connectivity index (χ0) is 14.8. The largest absolute Gasteiger partial charge is 0.468 e. The fraction of sp³-hybridized carbons (Fsp3) is 0.389. The van der Waals surface area contributed by atoms with Gasteiger partial charge in [-0.15, -0.1) is 0 Å². The van der Waals surface area contributed by atoms with Crippen LogP contribution in [0.5, 0.6) is 5.95 Å². The molecule has 1 aliphatic rings. The minimum atomic E-state index is -0.335. The second-order valence-corrected chi connectivity index (χ2v) is 5.44. The van der Waals surface area contributed by atoms with Gasteiger partial charge in [-0.3, -0.25) is 0 Å². The van der Waals surface area contributed by atoms with Crippen LogP contribution in [0.25, 0.3) is 16.3 Å². The summed E-state index contributed by atoms with van der Waals surface area (Å²) < 4.78 is 10.8. The van der Waals surface area contributed by atoms with E-state index in [0.717, 1.165) is 30.2 Å². The van der Waals surface area contributed by atoms with Crippen molar-refractivity contribution in [3.8, 4) is 5.95 Å². The van der Waals surface area contributed by atoms with Gasteiger partial charge in [-0.1, -0.05) is 30.7 Å². The van der Waals surface area contributed by atoms with Crippen molar-refractivity contribution in [2.75, 3.05) is 7.11 Å². The fourth-order valence-corrected chi connectivity index (χ4v) is 3.32. The Morgan fingerprint density at radius 3 is 2.48 bits per heavy atom. The molecule has 0 aliphatic heterocycles. The number of allylic oxidation sites excluding steroid dienone is 2. The number of ether oxygens (including phenoxy) is 1. The number of benzene rings is 1. The topological polar surface area (TPSA) is 39.4 Å². The highest BCUT2D eigenvalue weighted by Crippen LogP contribution is 2.39. The van der Waals surface area contributed by atoms with Crippen molar-refractivity contribution in [1.82, 2.24) is 0 Å². The summed E-state index contributed by atoms with van der Waals surface area (Å²) in [5, 5.41) is 1.56. The van der Waals surface area contributed by atoms with Crippen LogP contribution in [-0.4, -0.2) is 7.11 Å². The van der Waals surface area contributed by atoms with E-state index >= 15 is 0 Å². The van der Waals surface area contributed by atoms with E-state index in [1.807, 2.05) is 24.3 Å². The highest BCUT2D eigenvalue weighted by molar-refractivity contribution is 5.95. The standard InChI is InChI=1S/C18H20O3/c1-3-13(12-8-4-5-9-12)16-14-10-6-7-11-15(14)17(19)21-18(16)20-2/h6-7,10-11H,3-5,8-9H2,1-2H3. The van der Waals surface area contributed by atoms with Crippen molar-refractivity contribution in [2.45, 2.75) is 39.0 Å². The molecular formula is C18H20O3. The lowest BCUT2D eigenvalue weighted by Gasteiger charge is -2.15. The summed E-state index contributed by atoms with van der Waals surface area (Å²) in [4.78, 5) is 12.1. The number of rotatable bonds is 3. The molecule has 0 unspecified atom stereocenters. The molecule has 0 bridgehead atoms. The van der Waals surface area contributed by atoms with Crippen molar-refractivity contribution >= 4 is 16.3 Å². The van der Waals surface area contributed by atoms with E-state index in [1.54, 1.807) is 7.11 Å². The van der Waals surface area contributed by atoms with Crippen molar-refractivity contribution < 1.29 is 9.15 Å². The number of hydrogen-bond donors (Lipinski definition) is 0. The molecule has 3 nitrogen and oxygen atoms in total. The summed E-state index contributed by atoms with van der Waals surface area (Å²) in [6.07, 6.45) is 5.69. The Balaban J connectivity index is 2.37. The van der Waals surface area contributed by atoms with Crippen LogP contribution in [0, 0.1) is 0 Å². The number of fused-ring (bicyclic) bond motifs is 1. The van der Waals surface area contributed by atoms with Crippen LogP contribution in [0.3, 0.4) is 0 Å². The lowest BCUT2D eigenvalue weighted by molar-refractivity contribution is 0.288. The molecule has 0 N–H and O–H groups in total. The minimum absolute atomic E-state index is 0.335. The first-order chi connectivity index (χ1) is 10.3. The molecule has 0 atom stereocenters. The monoisotopic (exact) mass is 284 g/mol. The van der Waals surface area contributed by atoms with Crippen LogP contribution >= 0.6 is 0 Å². The van der Waals surface area contributed by atoms with Crippen LogP contribution in [0.15, 0.2) is 39.1 Å². The third-order valence-corrected chi connectivity index (χ3v) is 4.28. The van der Waals surface area contributed by atoms with E-state index in [2.05, 4.69) is 6.92 Å². The van der Waals surface area contributed by atoms with Gasteiger partial charge in [0.05, 0.1) is 18.1 Å². The zero-order valence-corrected chi connectivity index (χ0v) is 12.6. The van der Waals surface area contributed by atoms with Crippen LogP contribution in [0.4, 0.5) is 0 Å². The van der Waals surface area contributed by atoms with Crippen LogP contribution in [0.1, 0.15) is 44.6 Å². The van der Waals surface area contributed by atoms with Gasteiger partial charge in [0.15, 0.2) is 0 Å². The third kappa shape index (κ3) is 2.37. The summed E-state index contributed by atoms with van der Waals surface area (Å²) >= 11 is 0. The van der Waals surface area contributed by atoms with E-state index in [9.17, 15) is 4.79 Å². The van der Waals surface area contributed by atoms with E-state index in [-0.39, 0.29) is 5.63 Å². The third-order valence-electron chi connectivity index (χ3n) is 4.28. The van der Waals surface area contributed by atoms with Crippen LogP contribution in [-0.2, 0) is 0 Å². The van der Waals surface area contributed by atoms with Gasteiger partial charge < -0.3 is 9.15 Å². The van der Waals surface area contributed by atoms with Gasteiger partial charge in [0, 0.05) is 5.39 Å². The predicted octanol–water partition coefficient (Wildman–Crippen LogP) is 4.54. The Kier molecular flexibility index (Phi) is 3.82. The van der Waals surface area contributed by atoms with Gasteiger partial charge in [0.25, 0.3) is 5.95 Å². The molecule has 0 radical (unpaired) electrons. The zero-order valence-electron chi connectivity index (χ0n) is 12.6. The number of methoxy groups -OCH3 is 1. The van der Waals surface area contributed by atoms with Crippen LogP contribution in [0.2, 0.25) is 0 Å². The highest BCUT2D eigenvalue weighted by Gasteiger charge is 2.21. The Labute approximate surface area is 124 Å². The van der Waals surface area contributed by atoms with Crippen molar-refractivity contribution in [3.05, 3.63) is 45.8 Å². The summed E-state index contributed by atoms with van der Waals surface area (Å²) in [6, 6.07) is 7.62. The quantitative estimate of drug-likeness (QED) is 0.830. The highest BCUT2D eigenvalue weighted by atomic mass is 16.6. The summed E-state index contributed by atoms with van der Waals surface area (Å²) in [6.45, 7) is 2.15. The maximum absolute atomic E-state index is 12.1. The molecule has 1 aliphatic carbocycles. The average Bonchev–Trinajstić information content (AvgIpc) is 3.04. The maximum Gasteiger partial charge on any atom is 0.346 e. The Bertz CT molecular complexity index is 745. The first-order valence-corrected chi connectivity index (χ1v) is 7.57. The molecule has 0 amide bonds. The molecule has 1 aromatic heterocycles. The van der Waals surface area contributed by atoms with Gasteiger partial charge in [-0.05, 0) is 43.7 Å². The minimum Gasteiger partial charge on any atom is -0.468 e. The van der Waals surface area contributed by atoms with Gasteiger partial charge in [-0.25, -0.2) is 4.79 Å². The molecule has 21 heavy (non-hydrogen) atoms. The molecule has 1 heterocycles. The summed E-state index contributed by atoms with van der Waals surface area (Å²) in [5.41, 5.74) is 3.39. The fourth-order valence-electron chi connectivity index (χ4n) is 3.32. The second kappa shape index (κ2) is 5.76. The molecular weight excluding hydrogens is 264 g/mol. The first-order valence-electron chi connectivity index (χ1n) is 7.57. The molecule has 3 heteroatoms. The summed E-state index contributed by atoms with van der Waals surface area (Å²) in [5.74, 6) is 0.343. The molecule has 1 aromatic carbocycles. The summed E-state index contributed by atoms with van der Waals surface area (Å²) in [7, 11) is 1.56.